The van der Waals surface area contributed by atoms with Crippen molar-refractivity contribution in [1.82, 2.24) is 14.5 Å². The van der Waals surface area contributed by atoms with Crippen LogP contribution in [0, 0.1) is 16.3 Å². The lowest BCUT2D eigenvalue weighted by Crippen LogP contribution is -2.03. The molecule has 3 rings (SSSR count). The van der Waals surface area contributed by atoms with Crippen molar-refractivity contribution >= 4 is 39.7 Å². The second kappa shape index (κ2) is 4.44. The molecule has 6 heteroatoms. The molecule has 0 saturated carbocycles. The Morgan fingerprint density at radius 1 is 1.32 bits per heavy atom. The number of pyridine rings is 1. The summed E-state index contributed by atoms with van der Waals surface area (Å²) in [7, 11) is 0. The van der Waals surface area contributed by atoms with Crippen molar-refractivity contribution in [1.29, 1.82) is 0 Å². The van der Waals surface area contributed by atoms with Gasteiger partial charge in [0, 0.05) is 9.77 Å². The minimum Gasteiger partial charge on any atom is -0.369 e. The number of nitrogens with two attached hydrogens (primary N) is 1. The lowest BCUT2D eigenvalue weighted by Gasteiger charge is -2.08. The summed E-state index contributed by atoms with van der Waals surface area (Å²) in [6, 6.07) is 6.45. The standard InChI is InChI=1S/C13H10FIN4/c1-7-4-10-12(17-6-7)19(13(16)18-10)11-3-2-8(14)5-9(11)15/h2-6H,1H3,(H2,16,18). The molecule has 2 aromatic heterocycles. The zero-order valence-corrected chi connectivity index (χ0v) is 12.2. The molecule has 4 nitrogen and oxygen atoms in total. The smallest absolute Gasteiger partial charge is 0.207 e. The highest BCUT2D eigenvalue weighted by molar-refractivity contribution is 14.1. The number of aryl methyl sites for hydroxylation is 1. The number of halogens is 2. The fraction of sp³-hybridized carbons (Fsp3) is 0.0769. The number of benzene rings is 1. The number of nitrogen functional groups attached to an aromatic ring is 1. The number of fused-ring (bicyclic) bond motifs is 1. The van der Waals surface area contributed by atoms with Crippen LogP contribution in [0.2, 0.25) is 0 Å². The maximum atomic E-state index is 13.2. The molecule has 0 unspecified atom stereocenters. The van der Waals surface area contributed by atoms with Crippen LogP contribution in [0.4, 0.5) is 10.3 Å². The van der Waals surface area contributed by atoms with Crippen molar-refractivity contribution in [2.24, 2.45) is 0 Å². The molecule has 0 spiro atoms. The third-order valence-corrected chi connectivity index (χ3v) is 3.67. The second-order valence-corrected chi connectivity index (χ2v) is 5.42. The third-order valence-electron chi connectivity index (χ3n) is 2.81. The molecule has 0 bridgehead atoms. The summed E-state index contributed by atoms with van der Waals surface area (Å²) in [5.41, 5.74) is 9.16. The Hall–Kier alpha value is -1.70. The molecule has 0 fully saturated rings. The van der Waals surface area contributed by atoms with E-state index < -0.39 is 0 Å². The van der Waals surface area contributed by atoms with E-state index in [4.69, 9.17) is 5.73 Å². The number of hydrogen-bond donors (Lipinski definition) is 1. The van der Waals surface area contributed by atoms with E-state index in [0.29, 0.717) is 11.6 Å². The normalized spacial score (nSPS) is 11.1. The van der Waals surface area contributed by atoms with Crippen LogP contribution in [0.25, 0.3) is 16.9 Å². The minimum absolute atomic E-state index is 0.278. The lowest BCUT2D eigenvalue weighted by atomic mass is 10.3. The predicted molar refractivity (Wildman–Crippen MR) is 80.7 cm³/mol. The Morgan fingerprint density at radius 2 is 2.11 bits per heavy atom. The molecule has 0 aliphatic rings. The van der Waals surface area contributed by atoms with Gasteiger partial charge >= 0.3 is 0 Å². The number of hydrogen-bond acceptors (Lipinski definition) is 3. The van der Waals surface area contributed by atoms with Gasteiger partial charge in [-0.1, -0.05) is 0 Å². The van der Waals surface area contributed by atoms with E-state index in [0.717, 1.165) is 20.3 Å². The van der Waals surface area contributed by atoms with Gasteiger partial charge in [-0.2, -0.15) is 0 Å². The summed E-state index contributed by atoms with van der Waals surface area (Å²) in [6.45, 7) is 1.95. The van der Waals surface area contributed by atoms with Gasteiger partial charge in [-0.25, -0.2) is 14.4 Å². The van der Waals surface area contributed by atoms with Crippen LogP contribution in [0.1, 0.15) is 5.56 Å². The van der Waals surface area contributed by atoms with E-state index in [2.05, 4.69) is 32.6 Å². The van der Waals surface area contributed by atoms with Gasteiger partial charge in [0.15, 0.2) is 5.65 Å². The molecule has 0 aliphatic heterocycles. The molecule has 0 aliphatic carbocycles. The van der Waals surface area contributed by atoms with Gasteiger partial charge in [-0.05, 0) is 59.3 Å². The van der Waals surface area contributed by atoms with E-state index in [9.17, 15) is 4.39 Å². The van der Waals surface area contributed by atoms with Gasteiger partial charge in [0.1, 0.15) is 11.3 Å². The highest BCUT2D eigenvalue weighted by Crippen LogP contribution is 2.25. The lowest BCUT2D eigenvalue weighted by molar-refractivity contribution is 0.626. The van der Waals surface area contributed by atoms with Crippen molar-refractivity contribution in [2.75, 3.05) is 5.73 Å². The van der Waals surface area contributed by atoms with Gasteiger partial charge in [0.05, 0.1) is 5.69 Å². The SMILES string of the molecule is Cc1cnc2c(c1)nc(N)n2-c1ccc(F)cc1I. The first-order valence-corrected chi connectivity index (χ1v) is 6.70. The summed E-state index contributed by atoms with van der Waals surface area (Å²) in [5.74, 6) is 0.0672. The molecule has 3 aromatic rings. The maximum Gasteiger partial charge on any atom is 0.207 e. The molecule has 0 radical (unpaired) electrons. The van der Waals surface area contributed by atoms with Crippen molar-refractivity contribution in [2.45, 2.75) is 6.92 Å². The largest absolute Gasteiger partial charge is 0.369 e. The first kappa shape index (κ1) is 12.3. The number of aromatic nitrogens is 3. The van der Waals surface area contributed by atoms with E-state index in [1.807, 2.05) is 13.0 Å². The van der Waals surface area contributed by atoms with Crippen molar-refractivity contribution in [3.8, 4) is 5.69 Å². The molecular weight excluding hydrogens is 358 g/mol. The zero-order chi connectivity index (χ0) is 13.6. The molecule has 96 valence electrons. The molecule has 19 heavy (non-hydrogen) atoms. The fourth-order valence-electron chi connectivity index (χ4n) is 1.98. The Bertz CT molecular complexity index is 782. The minimum atomic E-state index is -0.278. The van der Waals surface area contributed by atoms with Crippen LogP contribution < -0.4 is 5.73 Å². The van der Waals surface area contributed by atoms with Crippen LogP contribution in [-0.4, -0.2) is 14.5 Å². The van der Waals surface area contributed by atoms with Crippen LogP contribution in [0.5, 0.6) is 0 Å². The van der Waals surface area contributed by atoms with Crippen LogP contribution >= 0.6 is 22.6 Å². The Kier molecular flexibility index (Phi) is 2.89. The highest BCUT2D eigenvalue weighted by atomic mass is 127. The molecule has 0 amide bonds. The predicted octanol–water partition coefficient (Wildman–Crippen LogP) is 3.05. The molecular formula is C13H10FIN4. The number of anilines is 1. The monoisotopic (exact) mass is 368 g/mol. The maximum absolute atomic E-state index is 13.2. The first-order chi connectivity index (χ1) is 9.06. The van der Waals surface area contributed by atoms with E-state index in [1.165, 1.54) is 12.1 Å². The van der Waals surface area contributed by atoms with Gasteiger partial charge in [-0.3, -0.25) is 4.57 Å². The Morgan fingerprint density at radius 3 is 2.84 bits per heavy atom. The highest BCUT2D eigenvalue weighted by Gasteiger charge is 2.14. The van der Waals surface area contributed by atoms with Crippen LogP contribution in [0.3, 0.4) is 0 Å². The molecule has 0 saturated heterocycles. The molecule has 2 heterocycles. The van der Waals surface area contributed by atoms with Crippen molar-refractivity contribution < 1.29 is 4.39 Å². The van der Waals surface area contributed by atoms with E-state index in [-0.39, 0.29) is 5.82 Å². The number of imidazole rings is 1. The summed E-state index contributed by atoms with van der Waals surface area (Å²) < 4.78 is 15.7. The van der Waals surface area contributed by atoms with E-state index in [1.54, 1.807) is 16.8 Å². The fourth-order valence-corrected chi connectivity index (χ4v) is 2.70. The summed E-state index contributed by atoms with van der Waals surface area (Å²) >= 11 is 2.07. The van der Waals surface area contributed by atoms with Crippen LogP contribution in [-0.2, 0) is 0 Å². The topological polar surface area (TPSA) is 56.7 Å². The zero-order valence-electron chi connectivity index (χ0n) is 10.1. The molecule has 0 atom stereocenters. The average molecular weight is 368 g/mol. The number of rotatable bonds is 1. The number of nitrogens with zero attached hydrogens (tertiary/aromatic N) is 3. The average Bonchev–Trinajstić information content (AvgIpc) is 2.65. The van der Waals surface area contributed by atoms with Gasteiger partial charge in [-0.15, -0.1) is 0 Å². The first-order valence-electron chi connectivity index (χ1n) is 5.62. The van der Waals surface area contributed by atoms with Gasteiger partial charge in [0.25, 0.3) is 0 Å². The second-order valence-electron chi connectivity index (χ2n) is 4.26. The summed E-state index contributed by atoms with van der Waals surface area (Å²) in [4.78, 5) is 8.66. The Labute approximate surface area is 122 Å². The molecule has 2 N–H and O–H groups in total. The summed E-state index contributed by atoms with van der Waals surface area (Å²) in [5, 5.41) is 0. The molecule has 1 aromatic carbocycles. The summed E-state index contributed by atoms with van der Waals surface area (Å²) in [6.07, 6.45) is 1.76. The van der Waals surface area contributed by atoms with Crippen molar-refractivity contribution in [3.63, 3.8) is 0 Å². The van der Waals surface area contributed by atoms with Gasteiger partial charge in [0.2, 0.25) is 5.95 Å². The van der Waals surface area contributed by atoms with Crippen LogP contribution in [0.15, 0.2) is 30.5 Å². The Balaban J connectivity index is 2.33. The van der Waals surface area contributed by atoms with Gasteiger partial charge < -0.3 is 5.73 Å². The third kappa shape index (κ3) is 2.05. The van der Waals surface area contributed by atoms with Crippen molar-refractivity contribution in [3.05, 3.63) is 45.4 Å². The van der Waals surface area contributed by atoms with E-state index >= 15 is 0 Å². The quantitative estimate of drug-likeness (QED) is 0.672.